The van der Waals surface area contributed by atoms with Crippen molar-refractivity contribution in [3.63, 3.8) is 0 Å². The van der Waals surface area contributed by atoms with Crippen LogP contribution in [-0.4, -0.2) is 6.54 Å². The van der Waals surface area contributed by atoms with Gasteiger partial charge in [0.15, 0.2) is 0 Å². The Labute approximate surface area is 189 Å². The lowest BCUT2D eigenvalue weighted by atomic mass is 9.97. The first kappa shape index (κ1) is 20.8. The van der Waals surface area contributed by atoms with Gasteiger partial charge in [-0.15, -0.1) is 0 Å². The Hall–Kier alpha value is -2.42. The van der Waals surface area contributed by atoms with Gasteiger partial charge >= 0.3 is 0 Å². The van der Waals surface area contributed by atoms with Gasteiger partial charge in [0, 0.05) is 33.7 Å². The fraction of sp³-hybridized carbons (Fsp3) is 0.231. The normalized spacial score (nSPS) is 16.9. The summed E-state index contributed by atoms with van der Waals surface area (Å²) in [6.45, 7) is 5.38. The van der Waals surface area contributed by atoms with Gasteiger partial charge in [0.05, 0.1) is 0 Å². The zero-order valence-electron chi connectivity index (χ0n) is 17.4. The highest BCUT2D eigenvalue weighted by Gasteiger charge is 2.35. The number of nitrogens with zero attached hydrogens (tertiary/aromatic N) is 2. The van der Waals surface area contributed by atoms with Crippen LogP contribution in [0, 0.1) is 0 Å². The van der Waals surface area contributed by atoms with Crippen molar-refractivity contribution < 1.29 is 0 Å². The van der Waals surface area contributed by atoms with Gasteiger partial charge in [-0.2, -0.15) is 0 Å². The molecule has 1 atom stereocenters. The SMILES string of the molecule is CCC1=C(CC)N(c2ccc(Cl)cc2)C(c2ccccc2)N(c2ccc(Cl)cc2)C1. The van der Waals surface area contributed by atoms with Gasteiger partial charge < -0.3 is 9.80 Å². The molecule has 0 spiro atoms. The molecule has 4 heteroatoms. The average molecular weight is 437 g/mol. The van der Waals surface area contributed by atoms with E-state index in [0.29, 0.717) is 0 Å². The maximum atomic E-state index is 6.22. The Morgan fingerprint density at radius 2 is 1.30 bits per heavy atom. The van der Waals surface area contributed by atoms with E-state index in [2.05, 4.69) is 78.2 Å². The monoisotopic (exact) mass is 436 g/mol. The third kappa shape index (κ3) is 4.08. The summed E-state index contributed by atoms with van der Waals surface area (Å²) in [7, 11) is 0. The molecule has 3 aromatic rings. The lowest BCUT2D eigenvalue weighted by Gasteiger charge is -2.48. The van der Waals surface area contributed by atoms with Crippen molar-refractivity contribution in [3.8, 4) is 0 Å². The zero-order valence-corrected chi connectivity index (χ0v) is 18.9. The van der Waals surface area contributed by atoms with Crippen LogP contribution in [0.5, 0.6) is 0 Å². The summed E-state index contributed by atoms with van der Waals surface area (Å²) in [5.74, 6) is 0. The van der Waals surface area contributed by atoms with Crippen molar-refractivity contribution in [1.82, 2.24) is 0 Å². The van der Waals surface area contributed by atoms with E-state index in [4.69, 9.17) is 23.2 Å². The molecule has 0 fully saturated rings. The minimum atomic E-state index is 0.0406. The van der Waals surface area contributed by atoms with Gasteiger partial charge in [-0.3, -0.25) is 0 Å². The Balaban J connectivity index is 1.93. The lowest BCUT2D eigenvalue weighted by molar-refractivity contribution is 0.575. The molecule has 0 saturated heterocycles. The maximum Gasteiger partial charge on any atom is 0.132 e. The smallest absolute Gasteiger partial charge is 0.132 e. The van der Waals surface area contributed by atoms with Crippen molar-refractivity contribution in [2.75, 3.05) is 16.3 Å². The van der Waals surface area contributed by atoms with Crippen LogP contribution < -0.4 is 9.80 Å². The molecular weight excluding hydrogens is 411 g/mol. The second kappa shape index (κ2) is 9.16. The van der Waals surface area contributed by atoms with Gasteiger partial charge in [-0.1, -0.05) is 67.4 Å². The Morgan fingerprint density at radius 1 is 0.733 bits per heavy atom. The third-order valence-corrected chi connectivity index (χ3v) is 6.23. The molecular formula is C26H26Cl2N2. The van der Waals surface area contributed by atoms with Gasteiger partial charge in [0.2, 0.25) is 0 Å². The molecule has 1 heterocycles. The summed E-state index contributed by atoms with van der Waals surface area (Å²) in [6, 6.07) is 27.1. The topological polar surface area (TPSA) is 6.48 Å². The lowest BCUT2D eigenvalue weighted by Crippen LogP contribution is -2.47. The van der Waals surface area contributed by atoms with Crippen molar-refractivity contribution in [1.29, 1.82) is 0 Å². The predicted molar refractivity (Wildman–Crippen MR) is 130 cm³/mol. The van der Waals surface area contributed by atoms with Crippen LogP contribution in [0.15, 0.2) is 90.1 Å². The predicted octanol–water partition coefficient (Wildman–Crippen LogP) is 8.09. The second-order valence-corrected chi connectivity index (χ2v) is 8.37. The van der Waals surface area contributed by atoms with Gasteiger partial charge in [0.1, 0.15) is 6.17 Å². The van der Waals surface area contributed by atoms with Crippen molar-refractivity contribution >= 4 is 34.6 Å². The molecule has 30 heavy (non-hydrogen) atoms. The summed E-state index contributed by atoms with van der Waals surface area (Å²) in [4.78, 5) is 4.95. The fourth-order valence-corrected chi connectivity index (χ4v) is 4.55. The van der Waals surface area contributed by atoms with E-state index in [-0.39, 0.29) is 6.17 Å². The van der Waals surface area contributed by atoms with Crippen LogP contribution in [0.2, 0.25) is 10.0 Å². The number of benzene rings is 3. The summed E-state index contributed by atoms with van der Waals surface area (Å²) < 4.78 is 0. The number of hydrogen-bond acceptors (Lipinski definition) is 2. The average Bonchev–Trinajstić information content (AvgIpc) is 2.79. The van der Waals surface area contributed by atoms with Gasteiger partial charge in [-0.05, 0) is 72.5 Å². The Kier molecular flexibility index (Phi) is 6.36. The molecule has 0 N–H and O–H groups in total. The number of hydrogen-bond donors (Lipinski definition) is 0. The van der Waals surface area contributed by atoms with Crippen molar-refractivity contribution in [2.24, 2.45) is 0 Å². The van der Waals surface area contributed by atoms with E-state index in [0.717, 1.165) is 40.8 Å². The molecule has 0 saturated carbocycles. The molecule has 4 rings (SSSR count). The second-order valence-electron chi connectivity index (χ2n) is 7.49. The summed E-state index contributed by atoms with van der Waals surface area (Å²) in [5.41, 5.74) is 6.40. The largest absolute Gasteiger partial charge is 0.343 e. The fourth-order valence-electron chi connectivity index (χ4n) is 4.29. The maximum absolute atomic E-state index is 6.22. The summed E-state index contributed by atoms with van der Waals surface area (Å²) >= 11 is 12.4. The van der Waals surface area contributed by atoms with E-state index >= 15 is 0 Å². The number of allylic oxidation sites excluding steroid dienone is 1. The molecule has 1 aliphatic heterocycles. The molecule has 0 bridgehead atoms. The number of rotatable bonds is 5. The molecule has 1 unspecified atom stereocenters. The Bertz CT molecular complexity index is 1010. The van der Waals surface area contributed by atoms with Crippen molar-refractivity contribution in [3.05, 3.63) is 106 Å². The van der Waals surface area contributed by atoms with Crippen LogP contribution in [0.3, 0.4) is 0 Å². The van der Waals surface area contributed by atoms with Crippen LogP contribution in [0.1, 0.15) is 38.4 Å². The van der Waals surface area contributed by atoms with Crippen LogP contribution in [0.25, 0.3) is 0 Å². The number of halogens is 2. The first-order valence-electron chi connectivity index (χ1n) is 10.4. The first-order valence-corrected chi connectivity index (χ1v) is 11.2. The summed E-state index contributed by atoms with van der Waals surface area (Å²) in [5, 5.41) is 1.50. The van der Waals surface area contributed by atoms with E-state index in [1.165, 1.54) is 16.8 Å². The van der Waals surface area contributed by atoms with Gasteiger partial charge in [-0.25, -0.2) is 0 Å². The van der Waals surface area contributed by atoms with E-state index in [1.54, 1.807) is 0 Å². The van der Waals surface area contributed by atoms with Crippen LogP contribution in [0.4, 0.5) is 11.4 Å². The molecule has 0 radical (unpaired) electrons. The zero-order chi connectivity index (χ0) is 21.1. The Morgan fingerprint density at radius 3 is 1.83 bits per heavy atom. The molecule has 0 amide bonds. The highest BCUT2D eigenvalue weighted by molar-refractivity contribution is 6.30. The molecule has 1 aliphatic rings. The molecule has 3 aromatic carbocycles. The quantitative estimate of drug-likeness (QED) is 0.398. The minimum Gasteiger partial charge on any atom is -0.343 e. The highest BCUT2D eigenvalue weighted by Crippen LogP contribution is 2.43. The number of anilines is 2. The van der Waals surface area contributed by atoms with Crippen molar-refractivity contribution in [2.45, 2.75) is 32.9 Å². The van der Waals surface area contributed by atoms with Crippen LogP contribution >= 0.6 is 23.2 Å². The minimum absolute atomic E-state index is 0.0406. The molecule has 0 aliphatic carbocycles. The van der Waals surface area contributed by atoms with Crippen LogP contribution in [-0.2, 0) is 0 Å². The molecule has 0 aromatic heterocycles. The van der Waals surface area contributed by atoms with E-state index in [1.807, 2.05) is 24.3 Å². The molecule has 2 nitrogen and oxygen atoms in total. The van der Waals surface area contributed by atoms with E-state index in [9.17, 15) is 0 Å². The van der Waals surface area contributed by atoms with E-state index < -0.39 is 0 Å². The first-order chi connectivity index (χ1) is 14.6. The summed E-state index contributed by atoms with van der Waals surface area (Å²) in [6.07, 6.45) is 2.03. The standard InChI is InChI=1S/C26H26Cl2N2/c1-3-19-18-29(23-14-10-21(27)11-15-23)26(20-8-6-5-7-9-20)30(25(19)4-2)24-16-12-22(28)13-17-24/h5-17,26H,3-4,18H2,1-2H3. The van der Waals surface area contributed by atoms with Gasteiger partial charge in [0.25, 0.3) is 0 Å². The third-order valence-electron chi connectivity index (χ3n) is 5.72. The molecule has 154 valence electrons. The highest BCUT2D eigenvalue weighted by atomic mass is 35.5.